The van der Waals surface area contributed by atoms with Crippen molar-refractivity contribution in [1.82, 2.24) is 10.2 Å². The fourth-order valence-corrected chi connectivity index (χ4v) is 3.20. The molecule has 1 heterocycles. The van der Waals surface area contributed by atoms with Crippen molar-refractivity contribution >= 4 is 35.2 Å². The predicted octanol–water partition coefficient (Wildman–Crippen LogP) is 4.13. The number of halogens is 2. The van der Waals surface area contributed by atoms with Gasteiger partial charge in [0, 0.05) is 19.1 Å². The highest BCUT2D eigenvalue weighted by atomic mass is 35.5. The molecular weight excluding hydrogens is 379 g/mol. The Kier molecular flexibility index (Phi) is 6.64. The van der Waals surface area contributed by atoms with E-state index in [0.717, 1.165) is 0 Å². The van der Waals surface area contributed by atoms with Gasteiger partial charge in [-0.15, -0.1) is 0 Å². The smallest absolute Gasteiger partial charge is 0.410 e. The maximum absolute atomic E-state index is 12.6. The molecule has 0 unspecified atom stereocenters. The van der Waals surface area contributed by atoms with Crippen LogP contribution >= 0.6 is 23.2 Å². The van der Waals surface area contributed by atoms with Gasteiger partial charge in [0.15, 0.2) is 5.75 Å². The van der Waals surface area contributed by atoms with Crippen LogP contribution in [0.4, 0.5) is 4.79 Å². The van der Waals surface area contributed by atoms with Crippen molar-refractivity contribution in [3.8, 4) is 5.75 Å². The minimum Gasteiger partial charge on any atom is -0.494 e. The van der Waals surface area contributed by atoms with E-state index in [0.29, 0.717) is 31.0 Å². The zero-order chi connectivity index (χ0) is 19.5. The molecule has 0 aliphatic carbocycles. The number of benzene rings is 1. The lowest BCUT2D eigenvalue weighted by Crippen LogP contribution is -2.47. The van der Waals surface area contributed by atoms with Gasteiger partial charge >= 0.3 is 6.09 Å². The second-order valence-electron chi connectivity index (χ2n) is 7.15. The molecule has 26 heavy (non-hydrogen) atoms. The summed E-state index contributed by atoms with van der Waals surface area (Å²) in [7, 11) is 1.44. The van der Waals surface area contributed by atoms with Crippen molar-refractivity contribution in [2.24, 2.45) is 0 Å². The van der Waals surface area contributed by atoms with Crippen LogP contribution in [0.2, 0.25) is 10.0 Å². The van der Waals surface area contributed by atoms with Gasteiger partial charge in [-0.2, -0.15) is 0 Å². The Bertz CT molecular complexity index is 681. The number of ether oxygens (including phenoxy) is 2. The molecule has 1 aromatic rings. The van der Waals surface area contributed by atoms with Gasteiger partial charge in [0.1, 0.15) is 11.2 Å². The summed E-state index contributed by atoms with van der Waals surface area (Å²) >= 11 is 12.2. The lowest BCUT2D eigenvalue weighted by molar-refractivity contribution is 0.0199. The predicted molar refractivity (Wildman–Crippen MR) is 101 cm³/mol. The molecule has 0 spiro atoms. The van der Waals surface area contributed by atoms with E-state index in [1.54, 1.807) is 17.0 Å². The Morgan fingerprint density at radius 3 is 2.27 bits per heavy atom. The standard InChI is InChI=1S/C18H24Cl2N2O4/c1-18(2,3)26-17(24)22-9-7-11(8-10-22)21-16(23)14-12(19)5-6-13(20)15(14)25-4/h5-6,11H,7-10H2,1-4H3,(H,21,23). The third-order valence-corrected chi connectivity index (χ3v) is 4.58. The minimum atomic E-state index is -0.526. The van der Waals surface area contributed by atoms with Gasteiger partial charge in [0.25, 0.3) is 5.91 Å². The lowest BCUT2D eigenvalue weighted by Gasteiger charge is -2.33. The molecule has 0 aromatic heterocycles. The van der Waals surface area contributed by atoms with E-state index < -0.39 is 5.60 Å². The van der Waals surface area contributed by atoms with Gasteiger partial charge in [0.05, 0.1) is 17.2 Å². The first kappa shape index (κ1) is 20.6. The summed E-state index contributed by atoms with van der Waals surface area (Å²) in [4.78, 5) is 26.4. The molecular formula is C18H24Cl2N2O4. The maximum Gasteiger partial charge on any atom is 0.410 e. The summed E-state index contributed by atoms with van der Waals surface area (Å²) < 4.78 is 10.6. The second-order valence-corrected chi connectivity index (χ2v) is 7.97. The number of nitrogens with one attached hydrogen (secondary N) is 1. The van der Waals surface area contributed by atoms with Crippen LogP contribution in [0.15, 0.2) is 12.1 Å². The monoisotopic (exact) mass is 402 g/mol. The average molecular weight is 403 g/mol. The van der Waals surface area contributed by atoms with Crippen molar-refractivity contribution in [2.45, 2.75) is 45.3 Å². The fraction of sp³-hybridized carbons (Fsp3) is 0.556. The van der Waals surface area contributed by atoms with Gasteiger partial charge in [-0.25, -0.2) is 4.79 Å². The topological polar surface area (TPSA) is 67.9 Å². The highest BCUT2D eigenvalue weighted by Gasteiger charge is 2.29. The van der Waals surface area contributed by atoms with Gasteiger partial charge in [0.2, 0.25) is 0 Å². The van der Waals surface area contributed by atoms with Crippen LogP contribution in [0.3, 0.4) is 0 Å². The zero-order valence-corrected chi connectivity index (χ0v) is 16.9. The van der Waals surface area contributed by atoms with Crippen molar-refractivity contribution in [3.63, 3.8) is 0 Å². The van der Waals surface area contributed by atoms with Crippen molar-refractivity contribution < 1.29 is 19.1 Å². The first-order valence-corrected chi connectivity index (χ1v) is 9.18. The third kappa shape index (κ3) is 5.17. The molecule has 2 rings (SSSR count). The van der Waals surface area contributed by atoms with E-state index in [4.69, 9.17) is 32.7 Å². The summed E-state index contributed by atoms with van der Waals surface area (Å²) in [5.74, 6) is -0.0899. The third-order valence-electron chi connectivity index (χ3n) is 3.97. The van der Waals surface area contributed by atoms with Gasteiger partial charge < -0.3 is 19.7 Å². The van der Waals surface area contributed by atoms with Crippen LogP contribution in [0, 0.1) is 0 Å². The summed E-state index contributed by atoms with van der Waals surface area (Å²) in [6, 6.07) is 3.08. The molecule has 1 N–H and O–H groups in total. The van der Waals surface area contributed by atoms with Gasteiger partial charge in [-0.05, 0) is 45.7 Å². The molecule has 0 saturated carbocycles. The summed E-state index contributed by atoms with van der Waals surface area (Å²) in [6.45, 7) is 6.53. The van der Waals surface area contributed by atoms with E-state index in [9.17, 15) is 9.59 Å². The zero-order valence-electron chi connectivity index (χ0n) is 15.4. The van der Waals surface area contributed by atoms with Crippen LogP contribution in [0.5, 0.6) is 5.75 Å². The molecule has 1 aliphatic heterocycles. The fourth-order valence-electron chi connectivity index (χ4n) is 2.73. The molecule has 1 aromatic carbocycles. The number of carbonyl (C=O) groups excluding carboxylic acids is 2. The second kappa shape index (κ2) is 8.35. The van der Waals surface area contributed by atoms with Crippen LogP contribution in [0.25, 0.3) is 0 Å². The Morgan fingerprint density at radius 1 is 1.15 bits per heavy atom. The number of hydrogen-bond donors (Lipinski definition) is 1. The molecule has 1 aliphatic rings. The number of hydrogen-bond acceptors (Lipinski definition) is 4. The van der Waals surface area contributed by atoms with E-state index in [2.05, 4.69) is 5.32 Å². The molecule has 1 fully saturated rings. The molecule has 0 bridgehead atoms. The summed E-state index contributed by atoms with van der Waals surface area (Å²) in [5.41, 5.74) is -0.307. The normalized spacial score (nSPS) is 15.5. The first-order chi connectivity index (χ1) is 12.1. The molecule has 6 nitrogen and oxygen atoms in total. The molecule has 8 heteroatoms. The number of nitrogens with zero attached hydrogens (tertiary/aromatic N) is 1. The molecule has 2 amide bonds. The Balaban J connectivity index is 1.97. The number of amides is 2. The number of rotatable bonds is 3. The highest BCUT2D eigenvalue weighted by Crippen LogP contribution is 2.34. The highest BCUT2D eigenvalue weighted by molar-refractivity contribution is 6.37. The number of carbonyl (C=O) groups is 2. The first-order valence-electron chi connectivity index (χ1n) is 8.43. The largest absolute Gasteiger partial charge is 0.494 e. The van der Waals surface area contributed by atoms with Crippen LogP contribution in [-0.2, 0) is 4.74 Å². The molecule has 144 valence electrons. The summed E-state index contributed by atoms with van der Waals surface area (Å²) in [6.07, 6.45) is 0.929. The average Bonchev–Trinajstić information content (AvgIpc) is 2.55. The molecule has 0 atom stereocenters. The van der Waals surface area contributed by atoms with E-state index in [1.165, 1.54) is 7.11 Å². The van der Waals surface area contributed by atoms with Crippen LogP contribution in [0.1, 0.15) is 44.0 Å². The quantitative estimate of drug-likeness (QED) is 0.824. The minimum absolute atomic E-state index is 0.0686. The molecule has 0 radical (unpaired) electrons. The van der Waals surface area contributed by atoms with Crippen molar-refractivity contribution in [2.75, 3.05) is 20.2 Å². The Hall–Kier alpha value is -1.66. The number of methoxy groups -OCH3 is 1. The van der Waals surface area contributed by atoms with Crippen LogP contribution in [-0.4, -0.2) is 48.7 Å². The Morgan fingerprint density at radius 2 is 1.73 bits per heavy atom. The maximum atomic E-state index is 12.6. The van der Waals surface area contributed by atoms with Crippen LogP contribution < -0.4 is 10.1 Å². The van der Waals surface area contributed by atoms with Crippen molar-refractivity contribution in [1.29, 1.82) is 0 Å². The number of likely N-dealkylation sites (tertiary alicyclic amines) is 1. The van der Waals surface area contributed by atoms with Crippen molar-refractivity contribution in [3.05, 3.63) is 27.7 Å². The van der Waals surface area contributed by atoms with E-state index in [-0.39, 0.29) is 34.4 Å². The van der Waals surface area contributed by atoms with E-state index in [1.807, 2.05) is 20.8 Å². The van der Waals surface area contributed by atoms with E-state index >= 15 is 0 Å². The van der Waals surface area contributed by atoms with Gasteiger partial charge in [-0.3, -0.25) is 4.79 Å². The van der Waals surface area contributed by atoms with Gasteiger partial charge in [-0.1, -0.05) is 23.2 Å². The Labute approximate surface area is 163 Å². The lowest BCUT2D eigenvalue weighted by atomic mass is 10.0. The molecule has 1 saturated heterocycles. The number of piperidine rings is 1. The summed E-state index contributed by atoms with van der Waals surface area (Å²) in [5, 5.41) is 3.54. The SMILES string of the molecule is COc1c(Cl)ccc(Cl)c1C(=O)NC1CCN(C(=O)OC(C)(C)C)CC1.